The van der Waals surface area contributed by atoms with Crippen LogP contribution in [-0.4, -0.2) is 46.4 Å². The molecule has 1 aliphatic rings. The zero-order valence-electron chi connectivity index (χ0n) is 14.5. The molecule has 1 aromatic rings. The van der Waals surface area contributed by atoms with Crippen LogP contribution in [0.4, 0.5) is 0 Å². The van der Waals surface area contributed by atoms with E-state index in [0.29, 0.717) is 12.8 Å². The van der Waals surface area contributed by atoms with Crippen LogP contribution >= 0.6 is 0 Å². The van der Waals surface area contributed by atoms with Crippen molar-refractivity contribution < 1.29 is 9.90 Å². The van der Waals surface area contributed by atoms with E-state index in [9.17, 15) is 14.7 Å². The van der Waals surface area contributed by atoms with Gasteiger partial charge in [0.2, 0.25) is 0 Å². The van der Waals surface area contributed by atoms with E-state index >= 15 is 0 Å². The summed E-state index contributed by atoms with van der Waals surface area (Å²) in [6.07, 6.45) is 3.13. The van der Waals surface area contributed by atoms with E-state index in [1.165, 1.54) is 4.68 Å². The zero-order valence-corrected chi connectivity index (χ0v) is 14.5. The van der Waals surface area contributed by atoms with Gasteiger partial charge in [-0.05, 0) is 51.3 Å². The minimum atomic E-state index is -0.986. The average Bonchev–Trinajstić information content (AvgIpc) is 3.27. The first-order valence-electron chi connectivity index (χ1n) is 8.29. The molecular weight excluding hydrogens is 294 g/mol. The van der Waals surface area contributed by atoms with Gasteiger partial charge in [0.25, 0.3) is 5.56 Å². The Bertz CT molecular complexity index is 618. The van der Waals surface area contributed by atoms with E-state index in [4.69, 9.17) is 0 Å². The molecule has 0 amide bonds. The number of nitrogens with zero attached hydrogens (tertiary/aromatic N) is 3. The molecule has 128 valence electrons. The fourth-order valence-corrected chi connectivity index (χ4v) is 2.70. The summed E-state index contributed by atoms with van der Waals surface area (Å²) in [7, 11) is 3.97. The van der Waals surface area contributed by atoms with Crippen molar-refractivity contribution in [2.75, 3.05) is 20.6 Å². The number of carbonyl (C=O) groups is 1. The number of hydrogen-bond donors (Lipinski definition) is 1. The summed E-state index contributed by atoms with van der Waals surface area (Å²) >= 11 is 0. The molecule has 0 saturated heterocycles. The lowest BCUT2D eigenvalue weighted by atomic mass is 10.0. The Morgan fingerprint density at radius 2 is 2.09 bits per heavy atom. The van der Waals surface area contributed by atoms with Crippen molar-refractivity contribution in [2.45, 2.75) is 51.5 Å². The van der Waals surface area contributed by atoms with Crippen molar-refractivity contribution in [3.05, 3.63) is 27.7 Å². The highest BCUT2D eigenvalue weighted by atomic mass is 16.4. The molecule has 1 aromatic heterocycles. The smallest absolute Gasteiger partial charge is 0.328 e. The van der Waals surface area contributed by atoms with Gasteiger partial charge in [0, 0.05) is 18.5 Å². The van der Waals surface area contributed by atoms with Crippen LogP contribution in [0, 0.1) is 5.92 Å². The van der Waals surface area contributed by atoms with Gasteiger partial charge >= 0.3 is 5.97 Å². The molecular formula is C17H27N3O3. The van der Waals surface area contributed by atoms with E-state index in [1.807, 2.05) is 34.0 Å². The first-order valence-corrected chi connectivity index (χ1v) is 8.29. The van der Waals surface area contributed by atoms with E-state index < -0.39 is 12.0 Å². The first kappa shape index (κ1) is 17.7. The molecule has 0 aromatic carbocycles. The van der Waals surface area contributed by atoms with E-state index in [0.717, 1.165) is 30.6 Å². The molecule has 1 unspecified atom stereocenters. The van der Waals surface area contributed by atoms with Gasteiger partial charge in [0.1, 0.15) is 0 Å². The predicted molar refractivity (Wildman–Crippen MR) is 88.9 cm³/mol. The predicted octanol–water partition coefficient (Wildman–Crippen LogP) is 1.90. The summed E-state index contributed by atoms with van der Waals surface area (Å²) in [6.45, 7) is 4.73. The molecule has 1 N–H and O–H groups in total. The van der Waals surface area contributed by atoms with E-state index in [-0.39, 0.29) is 17.4 Å². The van der Waals surface area contributed by atoms with Crippen LogP contribution in [0.25, 0.3) is 0 Å². The van der Waals surface area contributed by atoms with Gasteiger partial charge in [-0.3, -0.25) is 4.79 Å². The minimum absolute atomic E-state index is 0.180. The van der Waals surface area contributed by atoms with E-state index in [1.54, 1.807) is 0 Å². The minimum Gasteiger partial charge on any atom is -0.480 e. The number of carboxylic acids is 1. The maximum Gasteiger partial charge on any atom is 0.328 e. The van der Waals surface area contributed by atoms with E-state index in [2.05, 4.69) is 10.00 Å². The SMILES string of the molecule is CC(C)CC(C(=O)O)n1nc(CCN(C)C)cc(C2CC2)c1=O. The normalized spacial score (nSPS) is 16.1. The Hall–Kier alpha value is -1.69. The number of aromatic nitrogens is 2. The topological polar surface area (TPSA) is 75.4 Å². The van der Waals surface area contributed by atoms with Crippen LogP contribution in [0.5, 0.6) is 0 Å². The van der Waals surface area contributed by atoms with Gasteiger partial charge in [-0.2, -0.15) is 5.10 Å². The van der Waals surface area contributed by atoms with Crippen molar-refractivity contribution in [2.24, 2.45) is 5.92 Å². The van der Waals surface area contributed by atoms with Gasteiger partial charge < -0.3 is 10.0 Å². The summed E-state index contributed by atoms with van der Waals surface area (Å²) in [6, 6.07) is 0.994. The largest absolute Gasteiger partial charge is 0.480 e. The van der Waals surface area contributed by atoms with Crippen LogP contribution in [-0.2, 0) is 11.2 Å². The molecule has 1 atom stereocenters. The molecule has 1 saturated carbocycles. The fraction of sp³-hybridized carbons (Fsp3) is 0.706. The molecule has 0 radical (unpaired) electrons. The molecule has 1 aliphatic carbocycles. The van der Waals surface area contributed by atoms with Crippen molar-refractivity contribution in [1.29, 1.82) is 0 Å². The molecule has 6 heteroatoms. The maximum absolute atomic E-state index is 12.7. The van der Waals surface area contributed by atoms with Crippen LogP contribution in [0.15, 0.2) is 10.9 Å². The molecule has 0 aliphatic heterocycles. The lowest BCUT2D eigenvalue weighted by Crippen LogP contribution is -2.35. The lowest BCUT2D eigenvalue weighted by molar-refractivity contribution is -0.141. The quantitative estimate of drug-likeness (QED) is 0.791. The van der Waals surface area contributed by atoms with Crippen molar-refractivity contribution in [3.63, 3.8) is 0 Å². The third kappa shape index (κ3) is 4.64. The van der Waals surface area contributed by atoms with Crippen LogP contribution < -0.4 is 5.56 Å². The number of carboxylic acid groups (broad SMARTS) is 1. The van der Waals surface area contributed by atoms with Gasteiger partial charge in [0.05, 0.1) is 5.69 Å². The highest BCUT2D eigenvalue weighted by Gasteiger charge is 2.31. The summed E-state index contributed by atoms with van der Waals surface area (Å²) < 4.78 is 1.22. The number of hydrogen-bond acceptors (Lipinski definition) is 4. The first-order chi connectivity index (χ1) is 10.8. The third-order valence-corrected chi connectivity index (χ3v) is 4.12. The third-order valence-electron chi connectivity index (χ3n) is 4.12. The Labute approximate surface area is 137 Å². The van der Waals surface area contributed by atoms with Gasteiger partial charge in [0.15, 0.2) is 6.04 Å². The maximum atomic E-state index is 12.7. The van der Waals surface area contributed by atoms with Gasteiger partial charge in [-0.1, -0.05) is 13.8 Å². The Kier molecular flexibility index (Phi) is 5.57. The molecule has 1 heterocycles. The van der Waals surface area contributed by atoms with Gasteiger partial charge in [-0.25, -0.2) is 9.48 Å². The zero-order chi connectivity index (χ0) is 17.1. The number of aliphatic carboxylic acids is 1. The fourth-order valence-electron chi connectivity index (χ4n) is 2.70. The summed E-state index contributed by atoms with van der Waals surface area (Å²) in [5, 5.41) is 13.9. The Morgan fingerprint density at radius 3 is 2.57 bits per heavy atom. The summed E-state index contributed by atoms with van der Waals surface area (Å²) in [5.41, 5.74) is 1.31. The Morgan fingerprint density at radius 1 is 1.43 bits per heavy atom. The summed E-state index contributed by atoms with van der Waals surface area (Å²) in [5.74, 6) is -0.525. The van der Waals surface area contributed by atoms with Crippen LogP contribution in [0.2, 0.25) is 0 Å². The highest BCUT2D eigenvalue weighted by Crippen LogP contribution is 2.38. The molecule has 0 spiro atoms. The molecule has 2 rings (SSSR count). The monoisotopic (exact) mass is 321 g/mol. The lowest BCUT2D eigenvalue weighted by Gasteiger charge is -2.19. The van der Waals surface area contributed by atoms with Crippen LogP contribution in [0.1, 0.15) is 56.3 Å². The number of rotatable bonds is 8. The second-order valence-corrected chi connectivity index (χ2v) is 7.15. The highest BCUT2D eigenvalue weighted by molar-refractivity contribution is 5.71. The van der Waals surface area contributed by atoms with Gasteiger partial charge in [-0.15, -0.1) is 0 Å². The second-order valence-electron chi connectivity index (χ2n) is 7.15. The Balaban J connectivity index is 2.42. The molecule has 23 heavy (non-hydrogen) atoms. The molecule has 0 bridgehead atoms. The molecule has 1 fully saturated rings. The van der Waals surface area contributed by atoms with Crippen molar-refractivity contribution in [3.8, 4) is 0 Å². The standard InChI is InChI=1S/C17H27N3O3/c1-11(2)9-15(17(22)23)20-16(21)14(12-5-6-12)10-13(18-20)7-8-19(3)4/h10-12,15H,5-9H2,1-4H3,(H,22,23). The van der Waals surface area contributed by atoms with Crippen LogP contribution in [0.3, 0.4) is 0 Å². The van der Waals surface area contributed by atoms with Crippen molar-refractivity contribution in [1.82, 2.24) is 14.7 Å². The molecule has 6 nitrogen and oxygen atoms in total. The average molecular weight is 321 g/mol. The second kappa shape index (κ2) is 7.25. The summed E-state index contributed by atoms with van der Waals surface area (Å²) in [4.78, 5) is 26.4. The number of likely N-dealkylation sites (N-methyl/N-ethyl adjacent to an activating group) is 1. The van der Waals surface area contributed by atoms with Crippen molar-refractivity contribution >= 4 is 5.97 Å².